The summed E-state index contributed by atoms with van der Waals surface area (Å²) in [7, 11) is 4.43. The van der Waals surface area contributed by atoms with Crippen LogP contribution in [0.5, 0.6) is 28.7 Å². The van der Waals surface area contributed by atoms with E-state index in [0.29, 0.717) is 22.8 Å². The van der Waals surface area contributed by atoms with Gasteiger partial charge in [-0.3, -0.25) is 4.40 Å². The van der Waals surface area contributed by atoms with Crippen molar-refractivity contribution in [2.75, 3.05) is 21.3 Å². The highest BCUT2D eigenvalue weighted by Crippen LogP contribution is 2.38. The third kappa shape index (κ3) is 3.71. The number of phenols is 2. The van der Waals surface area contributed by atoms with Crippen molar-refractivity contribution in [2.45, 2.75) is 0 Å². The van der Waals surface area contributed by atoms with E-state index >= 15 is 0 Å². The number of ether oxygens (including phenoxy) is 3. The van der Waals surface area contributed by atoms with Gasteiger partial charge in [-0.05, 0) is 42.5 Å². The molecule has 4 rings (SSSR count). The first-order chi connectivity index (χ1) is 15.0. The molecule has 8 nitrogen and oxygen atoms in total. The molecule has 2 aromatic heterocycles. The average Bonchev–Trinajstić information content (AvgIpc) is 3.17. The number of imidazole rings is 1. The number of hydrogen-bond donors (Lipinski definition) is 2. The molecule has 0 aliphatic carbocycles. The third-order valence-electron chi connectivity index (χ3n) is 4.80. The molecule has 0 saturated heterocycles. The van der Waals surface area contributed by atoms with Crippen molar-refractivity contribution in [3.8, 4) is 40.0 Å². The number of hydrogen-bond acceptors (Lipinski definition) is 7. The Morgan fingerprint density at radius 3 is 2.29 bits per heavy atom. The van der Waals surface area contributed by atoms with Crippen LogP contribution in [0, 0.1) is 0 Å². The zero-order valence-corrected chi connectivity index (χ0v) is 17.2. The molecule has 0 fully saturated rings. The molecular weight excluding hydrogens is 398 g/mol. The molecule has 0 saturated carbocycles. The van der Waals surface area contributed by atoms with Gasteiger partial charge in [-0.15, -0.1) is 0 Å². The van der Waals surface area contributed by atoms with Crippen LogP contribution in [-0.2, 0) is 0 Å². The number of benzene rings is 2. The smallest absolute Gasteiger partial charge is 0.200 e. The molecular formula is C23H21N3O5. The van der Waals surface area contributed by atoms with Crippen LogP contribution in [0.3, 0.4) is 0 Å². The molecule has 2 heterocycles. The van der Waals surface area contributed by atoms with Crippen molar-refractivity contribution < 1.29 is 24.4 Å². The van der Waals surface area contributed by atoms with Crippen LogP contribution < -0.4 is 14.2 Å². The number of fused-ring (bicyclic) bond motifs is 1. The van der Waals surface area contributed by atoms with Gasteiger partial charge in [-0.2, -0.15) is 0 Å². The summed E-state index contributed by atoms with van der Waals surface area (Å²) >= 11 is 0. The lowest BCUT2D eigenvalue weighted by molar-refractivity contribution is 0.340. The van der Waals surface area contributed by atoms with E-state index in [0.717, 1.165) is 11.2 Å². The molecule has 0 amide bonds. The molecule has 31 heavy (non-hydrogen) atoms. The summed E-state index contributed by atoms with van der Waals surface area (Å²) in [6.07, 6.45) is 3.51. The predicted octanol–water partition coefficient (Wildman–Crippen LogP) is 4.19. The Labute approximate surface area is 178 Å². The molecule has 0 aliphatic heterocycles. The molecule has 4 aromatic rings. The molecule has 158 valence electrons. The minimum absolute atomic E-state index is 0.0448. The largest absolute Gasteiger partial charge is 0.504 e. The highest BCUT2D eigenvalue weighted by atomic mass is 16.5. The topological polar surface area (TPSA) is 97.8 Å². The molecule has 0 unspecified atom stereocenters. The number of aromatic hydroxyl groups is 2. The number of phenolic OH excluding ortho intramolecular Hbond substituents is 2. The Balaban J connectivity index is 1.85. The van der Waals surface area contributed by atoms with E-state index in [2.05, 4.69) is 4.99 Å². The van der Waals surface area contributed by atoms with Crippen LogP contribution in [-0.4, -0.2) is 47.1 Å². The van der Waals surface area contributed by atoms with E-state index in [4.69, 9.17) is 19.2 Å². The fraction of sp³-hybridized carbons (Fsp3) is 0.130. The first-order valence-electron chi connectivity index (χ1n) is 9.39. The summed E-state index contributed by atoms with van der Waals surface area (Å²) in [4.78, 5) is 9.38. The van der Waals surface area contributed by atoms with E-state index in [1.807, 2.05) is 28.8 Å². The number of pyridine rings is 1. The average molecular weight is 419 g/mol. The number of methoxy groups -OCH3 is 3. The molecule has 0 aliphatic rings. The lowest BCUT2D eigenvalue weighted by atomic mass is 10.1. The van der Waals surface area contributed by atoms with Gasteiger partial charge < -0.3 is 24.4 Å². The number of rotatable bonds is 6. The standard InChI is InChI=1S/C23H21N3O5/c1-29-17-12-15(7-8-16(17)27)21-23(26-9-5-4-6-20(26)25-21)24-13-14-10-18(30-2)22(28)19(11-14)31-3/h4-13,27-28H,1-3H3. The van der Waals surface area contributed by atoms with Crippen LogP contribution in [0.4, 0.5) is 5.82 Å². The number of aliphatic imine (C=N–C) groups is 1. The lowest BCUT2D eigenvalue weighted by Gasteiger charge is -2.09. The molecule has 0 spiro atoms. The zero-order chi connectivity index (χ0) is 22.0. The molecule has 0 atom stereocenters. The van der Waals surface area contributed by atoms with Gasteiger partial charge in [0.25, 0.3) is 0 Å². The van der Waals surface area contributed by atoms with Gasteiger partial charge in [0.15, 0.2) is 28.8 Å². The maximum atomic E-state index is 10.1. The van der Waals surface area contributed by atoms with Crippen LogP contribution in [0.1, 0.15) is 5.56 Å². The Morgan fingerprint density at radius 2 is 1.61 bits per heavy atom. The van der Waals surface area contributed by atoms with Crippen LogP contribution >= 0.6 is 0 Å². The Hall–Kier alpha value is -4.20. The fourth-order valence-corrected chi connectivity index (χ4v) is 3.25. The van der Waals surface area contributed by atoms with E-state index in [-0.39, 0.29) is 23.0 Å². The Kier molecular flexibility index (Phi) is 5.36. The second kappa shape index (κ2) is 8.27. The predicted molar refractivity (Wildman–Crippen MR) is 117 cm³/mol. The zero-order valence-electron chi connectivity index (χ0n) is 17.2. The summed E-state index contributed by atoms with van der Waals surface area (Å²) in [6.45, 7) is 0. The van der Waals surface area contributed by atoms with E-state index in [9.17, 15) is 10.2 Å². The van der Waals surface area contributed by atoms with E-state index in [1.54, 1.807) is 36.5 Å². The maximum Gasteiger partial charge on any atom is 0.200 e. The first kappa shape index (κ1) is 20.1. The first-order valence-corrected chi connectivity index (χ1v) is 9.39. The monoisotopic (exact) mass is 419 g/mol. The van der Waals surface area contributed by atoms with Gasteiger partial charge in [-0.1, -0.05) is 6.07 Å². The summed E-state index contributed by atoms with van der Waals surface area (Å²) in [5.41, 5.74) is 2.76. The molecule has 2 N–H and O–H groups in total. The van der Waals surface area contributed by atoms with Crippen LogP contribution in [0.2, 0.25) is 0 Å². The van der Waals surface area contributed by atoms with Gasteiger partial charge in [-0.25, -0.2) is 9.98 Å². The molecule has 0 bridgehead atoms. The molecule has 0 radical (unpaired) electrons. The van der Waals surface area contributed by atoms with Gasteiger partial charge in [0.2, 0.25) is 5.75 Å². The lowest BCUT2D eigenvalue weighted by Crippen LogP contribution is -1.92. The third-order valence-corrected chi connectivity index (χ3v) is 4.80. The number of nitrogens with zero attached hydrogens (tertiary/aromatic N) is 3. The van der Waals surface area contributed by atoms with E-state index < -0.39 is 0 Å². The van der Waals surface area contributed by atoms with Crippen molar-refractivity contribution in [2.24, 2.45) is 4.99 Å². The van der Waals surface area contributed by atoms with Crippen molar-refractivity contribution in [1.82, 2.24) is 9.38 Å². The van der Waals surface area contributed by atoms with Gasteiger partial charge in [0.1, 0.15) is 11.3 Å². The number of aromatic nitrogens is 2. The maximum absolute atomic E-state index is 10.1. The second-order valence-corrected chi connectivity index (χ2v) is 6.63. The summed E-state index contributed by atoms with van der Waals surface area (Å²) in [5, 5.41) is 20.1. The van der Waals surface area contributed by atoms with Crippen molar-refractivity contribution >= 4 is 17.7 Å². The summed E-state index contributed by atoms with van der Waals surface area (Å²) in [6, 6.07) is 14.0. The van der Waals surface area contributed by atoms with Crippen molar-refractivity contribution in [3.05, 3.63) is 60.3 Å². The minimum Gasteiger partial charge on any atom is -0.504 e. The second-order valence-electron chi connectivity index (χ2n) is 6.63. The van der Waals surface area contributed by atoms with Gasteiger partial charge >= 0.3 is 0 Å². The minimum atomic E-state index is -0.0752. The quantitative estimate of drug-likeness (QED) is 0.455. The van der Waals surface area contributed by atoms with Gasteiger partial charge in [0, 0.05) is 23.5 Å². The SMILES string of the molecule is COc1cc(-c2nc3ccccn3c2N=Cc2cc(OC)c(O)c(OC)c2)ccc1O. The summed E-state index contributed by atoms with van der Waals surface area (Å²) < 4.78 is 17.5. The van der Waals surface area contributed by atoms with Crippen molar-refractivity contribution in [3.63, 3.8) is 0 Å². The fourth-order valence-electron chi connectivity index (χ4n) is 3.25. The summed E-state index contributed by atoms with van der Waals surface area (Å²) in [5.74, 6) is 1.47. The van der Waals surface area contributed by atoms with E-state index in [1.165, 1.54) is 21.3 Å². The van der Waals surface area contributed by atoms with Gasteiger partial charge in [0.05, 0.1) is 21.3 Å². The van der Waals surface area contributed by atoms with Crippen LogP contribution in [0.15, 0.2) is 59.7 Å². The molecule has 2 aromatic carbocycles. The normalized spacial score (nSPS) is 11.2. The Bertz CT molecular complexity index is 1250. The highest BCUT2D eigenvalue weighted by molar-refractivity contribution is 5.87. The Morgan fingerprint density at radius 1 is 0.903 bits per heavy atom. The molecule has 8 heteroatoms. The highest BCUT2D eigenvalue weighted by Gasteiger charge is 2.16. The van der Waals surface area contributed by atoms with Crippen LogP contribution in [0.25, 0.3) is 16.9 Å². The van der Waals surface area contributed by atoms with Crippen molar-refractivity contribution in [1.29, 1.82) is 0 Å².